The van der Waals surface area contributed by atoms with Gasteiger partial charge in [0.15, 0.2) is 0 Å². The summed E-state index contributed by atoms with van der Waals surface area (Å²) >= 11 is 0. The number of ether oxygens (including phenoxy) is 1. The molecule has 4 heteroatoms. The molecule has 0 radical (unpaired) electrons. The molecule has 13 heavy (non-hydrogen) atoms. The third kappa shape index (κ3) is 1.95. The van der Waals surface area contributed by atoms with Crippen molar-refractivity contribution in [1.29, 1.82) is 0 Å². The third-order valence-corrected chi connectivity index (χ3v) is 1.70. The van der Waals surface area contributed by atoms with E-state index in [0.29, 0.717) is 24.6 Å². The Morgan fingerprint density at radius 1 is 1.38 bits per heavy atom. The highest BCUT2D eigenvalue weighted by Crippen LogP contribution is 2.11. The second kappa shape index (κ2) is 4.18. The highest BCUT2D eigenvalue weighted by atomic mass is 16.5. The van der Waals surface area contributed by atoms with Gasteiger partial charge in [-0.15, -0.1) is 0 Å². The number of fused-ring (bicyclic) bond motifs is 1. The van der Waals surface area contributed by atoms with Crippen LogP contribution < -0.4 is 5.56 Å². The molecule has 1 aromatic heterocycles. The van der Waals surface area contributed by atoms with E-state index in [2.05, 4.69) is 9.97 Å². The van der Waals surface area contributed by atoms with Crippen molar-refractivity contribution in [3.8, 4) is 0 Å². The predicted molar refractivity (Wildman–Crippen MR) is 49.4 cm³/mol. The summed E-state index contributed by atoms with van der Waals surface area (Å²) < 4.78 is 5.07. The van der Waals surface area contributed by atoms with E-state index >= 15 is 0 Å². The number of rotatable bonds is 0. The van der Waals surface area contributed by atoms with Gasteiger partial charge in [0.25, 0.3) is 5.56 Å². The largest absolute Gasteiger partial charge is 0.370 e. The number of hydrogen-bond acceptors (Lipinski definition) is 3. The minimum absolute atomic E-state index is 0.0648. The molecule has 2 rings (SSSR count). The normalized spacial score (nSPS) is 13.2. The van der Waals surface area contributed by atoms with Gasteiger partial charge in [0.05, 0.1) is 24.5 Å². The first kappa shape index (κ1) is 9.92. The van der Waals surface area contributed by atoms with Crippen molar-refractivity contribution >= 4 is 0 Å². The van der Waals surface area contributed by atoms with Gasteiger partial charge in [-0.25, -0.2) is 4.98 Å². The molecular formula is C9H14N2O2. The monoisotopic (exact) mass is 182 g/mol. The van der Waals surface area contributed by atoms with Gasteiger partial charge in [0.2, 0.25) is 0 Å². The zero-order valence-corrected chi connectivity index (χ0v) is 8.18. The van der Waals surface area contributed by atoms with Gasteiger partial charge in [0, 0.05) is 0 Å². The Morgan fingerprint density at radius 2 is 2.08 bits per heavy atom. The summed E-state index contributed by atoms with van der Waals surface area (Å²) in [5.41, 5.74) is 1.40. The molecule has 0 fully saturated rings. The van der Waals surface area contributed by atoms with Gasteiger partial charge in [-0.1, -0.05) is 13.8 Å². The Balaban J connectivity index is 0.000000396. The first-order chi connectivity index (χ1) is 6.27. The quantitative estimate of drug-likeness (QED) is 0.654. The number of aromatic nitrogens is 2. The first-order valence-electron chi connectivity index (χ1n) is 4.44. The van der Waals surface area contributed by atoms with Crippen molar-refractivity contribution in [2.45, 2.75) is 34.0 Å². The molecule has 2 heterocycles. The van der Waals surface area contributed by atoms with Crippen LogP contribution >= 0.6 is 0 Å². The van der Waals surface area contributed by atoms with Crippen molar-refractivity contribution in [3.63, 3.8) is 0 Å². The molecule has 0 unspecified atom stereocenters. The number of hydrogen-bond donors (Lipinski definition) is 1. The van der Waals surface area contributed by atoms with Crippen LogP contribution in [0.3, 0.4) is 0 Å². The van der Waals surface area contributed by atoms with Crippen LogP contribution in [-0.4, -0.2) is 9.97 Å². The average molecular weight is 182 g/mol. The van der Waals surface area contributed by atoms with Gasteiger partial charge in [-0.3, -0.25) is 4.79 Å². The Kier molecular flexibility index (Phi) is 3.19. The van der Waals surface area contributed by atoms with Crippen LogP contribution in [-0.2, 0) is 18.0 Å². The fourth-order valence-electron chi connectivity index (χ4n) is 1.19. The van der Waals surface area contributed by atoms with Gasteiger partial charge in [-0.05, 0) is 6.92 Å². The fraction of sp³-hybridized carbons (Fsp3) is 0.556. The number of nitrogens with one attached hydrogen (secondary N) is 1. The maximum Gasteiger partial charge on any atom is 0.256 e. The molecule has 0 bridgehead atoms. The Hall–Kier alpha value is -1.16. The van der Waals surface area contributed by atoms with Crippen molar-refractivity contribution in [1.82, 2.24) is 9.97 Å². The second-order valence-corrected chi connectivity index (χ2v) is 2.57. The van der Waals surface area contributed by atoms with Crippen molar-refractivity contribution in [2.75, 3.05) is 0 Å². The number of aryl methyl sites for hydroxylation is 1. The van der Waals surface area contributed by atoms with E-state index in [4.69, 9.17) is 4.74 Å². The fourth-order valence-corrected chi connectivity index (χ4v) is 1.19. The Bertz CT molecular complexity index is 344. The molecule has 1 aromatic rings. The molecule has 1 N–H and O–H groups in total. The van der Waals surface area contributed by atoms with Gasteiger partial charge in [-0.2, -0.15) is 0 Å². The van der Waals surface area contributed by atoms with Crippen LogP contribution in [0.4, 0.5) is 0 Å². The summed E-state index contributed by atoms with van der Waals surface area (Å²) in [5.74, 6) is 0.652. The lowest BCUT2D eigenvalue weighted by atomic mass is 10.3. The average Bonchev–Trinajstić information content (AvgIpc) is 2.55. The van der Waals surface area contributed by atoms with E-state index < -0.39 is 0 Å². The van der Waals surface area contributed by atoms with E-state index in [1.807, 2.05) is 13.8 Å². The summed E-state index contributed by atoms with van der Waals surface area (Å²) in [6.07, 6.45) is 0. The summed E-state index contributed by atoms with van der Waals surface area (Å²) in [5, 5.41) is 0. The lowest BCUT2D eigenvalue weighted by Crippen LogP contribution is -2.15. The molecule has 0 aromatic carbocycles. The lowest BCUT2D eigenvalue weighted by Gasteiger charge is -1.95. The van der Waals surface area contributed by atoms with E-state index in [0.717, 1.165) is 5.69 Å². The number of nitrogens with zero attached hydrogens (tertiary/aromatic N) is 1. The highest BCUT2D eigenvalue weighted by Gasteiger charge is 2.16. The topological polar surface area (TPSA) is 55.0 Å². The van der Waals surface area contributed by atoms with Crippen molar-refractivity contribution in [2.24, 2.45) is 0 Å². The van der Waals surface area contributed by atoms with Crippen LogP contribution in [0.25, 0.3) is 0 Å². The smallest absolute Gasteiger partial charge is 0.256 e. The highest BCUT2D eigenvalue weighted by molar-refractivity contribution is 5.18. The molecule has 1 aliphatic heterocycles. The summed E-state index contributed by atoms with van der Waals surface area (Å²) in [6.45, 7) is 6.64. The molecule has 0 atom stereocenters. The molecule has 4 nitrogen and oxygen atoms in total. The molecule has 0 amide bonds. The van der Waals surface area contributed by atoms with Crippen LogP contribution in [0.15, 0.2) is 4.79 Å². The maximum atomic E-state index is 11.2. The molecule has 0 spiro atoms. The molecule has 0 saturated carbocycles. The van der Waals surface area contributed by atoms with E-state index in [9.17, 15) is 4.79 Å². The molecule has 0 saturated heterocycles. The lowest BCUT2D eigenvalue weighted by molar-refractivity contribution is 0.133. The molecular weight excluding hydrogens is 168 g/mol. The van der Waals surface area contributed by atoms with Crippen LogP contribution in [0.1, 0.15) is 30.9 Å². The summed E-state index contributed by atoms with van der Waals surface area (Å²) in [7, 11) is 0. The van der Waals surface area contributed by atoms with Gasteiger partial charge in [0.1, 0.15) is 5.82 Å². The zero-order chi connectivity index (χ0) is 9.84. The minimum Gasteiger partial charge on any atom is -0.370 e. The Labute approximate surface area is 77.0 Å². The van der Waals surface area contributed by atoms with E-state index in [1.165, 1.54) is 0 Å². The van der Waals surface area contributed by atoms with Crippen LogP contribution in [0.5, 0.6) is 0 Å². The van der Waals surface area contributed by atoms with Crippen LogP contribution in [0.2, 0.25) is 0 Å². The summed E-state index contributed by atoms with van der Waals surface area (Å²) in [6, 6.07) is 0. The number of H-pyrrole nitrogens is 1. The van der Waals surface area contributed by atoms with Crippen LogP contribution in [0, 0.1) is 6.92 Å². The Morgan fingerprint density at radius 3 is 2.77 bits per heavy atom. The second-order valence-electron chi connectivity index (χ2n) is 2.57. The molecule has 72 valence electrons. The zero-order valence-electron chi connectivity index (χ0n) is 8.18. The van der Waals surface area contributed by atoms with E-state index in [-0.39, 0.29) is 5.56 Å². The van der Waals surface area contributed by atoms with Crippen molar-refractivity contribution < 1.29 is 4.74 Å². The summed E-state index contributed by atoms with van der Waals surface area (Å²) in [4.78, 5) is 17.9. The SMILES string of the molecule is CC.Cc1nc2c(c(=O)[nH]1)COC2. The van der Waals surface area contributed by atoms with Gasteiger partial charge >= 0.3 is 0 Å². The standard InChI is InChI=1S/C7H8N2O2.C2H6/c1-4-8-6-3-11-2-5(6)7(10)9-4;1-2/h2-3H2,1H3,(H,8,9,10);1-2H3. The third-order valence-electron chi connectivity index (χ3n) is 1.70. The number of aromatic amines is 1. The van der Waals surface area contributed by atoms with E-state index in [1.54, 1.807) is 6.92 Å². The molecule has 1 aliphatic rings. The van der Waals surface area contributed by atoms with Gasteiger partial charge < -0.3 is 9.72 Å². The maximum absolute atomic E-state index is 11.2. The molecule has 0 aliphatic carbocycles. The minimum atomic E-state index is -0.0648. The predicted octanol–water partition coefficient (Wildman–Crippen LogP) is 1.13. The van der Waals surface area contributed by atoms with Crippen molar-refractivity contribution in [3.05, 3.63) is 27.4 Å². The first-order valence-corrected chi connectivity index (χ1v) is 4.44.